The molecular formula is C18H29N3O2. The first-order valence-electron chi connectivity index (χ1n) is 8.53. The largest absolute Gasteiger partial charge is 0.380 e. The maximum Gasteiger partial charge on any atom is 0.220 e. The Kier molecular flexibility index (Phi) is 6.86. The number of hydrogen-bond acceptors (Lipinski definition) is 4. The standard InChI is InChI=1S/C18H29N3O2/c1-3-23-12-11-20-7-9-21(10-8-20)17-6-4-5-16(14-17)13-15(2)18(19)22/h4-6,14-15H,3,7-13H2,1-2H3,(H2,19,22). The second kappa shape index (κ2) is 8.89. The average Bonchev–Trinajstić information content (AvgIpc) is 2.56. The van der Waals surface area contributed by atoms with E-state index in [-0.39, 0.29) is 11.8 Å². The summed E-state index contributed by atoms with van der Waals surface area (Å²) in [6, 6.07) is 8.48. The third-order valence-corrected chi connectivity index (χ3v) is 4.43. The highest BCUT2D eigenvalue weighted by Gasteiger charge is 2.17. The van der Waals surface area contributed by atoms with Gasteiger partial charge in [-0.05, 0) is 31.0 Å². The van der Waals surface area contributed by atoms with Crippen LogP contribution in [0.5, 0.6) is 0 Å². The van der Waals surface area contributed by atoms with E-state index in [1.165, 1.54) is 11.3 Å². The van der Waals surface area contributed by atoms with Crippen LogP contribution in [-0.4, -0.2) is 56.7 Å². The summed E-state index contributed by atoms with van der Waals surface area (Å²) in [7, 11) is 0. The summed E-state index contributed by atoms with van der Waals surface area (Å²) < 4.78 is 5.43. The van der Waals surface area contributed by atoms with Crippen molar-refractivity contribution >= 4 is 11.6 Å². The molecule has 1 atom stereocenters. The van der Waals surface area contributed by atoms with Gasteiger partial charge in [-0.25, -0.2) is 0 Å². The van der Waals surface area contributed by atoms with Crippen LogP contribution in [0.2, 0.25) is 0 Å². The molecule has 1 saturated heterocycles. The van der Waals surface area contributed by atoms with Crippen molar-refractivity contribution in [1.29, 1.82) is 0 Å². The van der Waals surface area contributed by atoms with Crippen LogP contribution >= 0.6 is 0 Å². The second-order valence-corrected chi connectivity index (χ2v) is 6.20. The van der Waals surface area contributed by atoms with E-state index in [9.17, 15) is 4.79 Å². The fourth-order valence-electron chi connectivity index (χ4n) is 2.90. The predicted octanol–water partition coefficient (Wildman–Crippen LogP) is 1.51. The number of carbonyl (C=O) groups is 1. The molecule has 0 spiro atoms. The summed E-state index contributed by atoms with van der Waals surface area (Å²) in [6.45, 7) is 10.7. The first kappa shape index (κ1) is 17.8. The lowest BCUT2D eigenvalue weighted by atomic mass is 10.00. The zero-order chi connectivity index (χ0) is 16.7. The fourth-order valence-corrected chi connectivity index (χ4v) is 2.90. The molecule has 0 bridgehead atoms. The van der Waals surface area contributed by atoms with Crippen molar-refractivity contribution < 1.29 is 9.53 Å². The van der Waals surface area contributed by atoms with Crippen LogP contribution in [0.1, 0.15) is 19.4 Å². The smallest absolute Gasteiger partial charge is 0.220 e. The van der Waals surface area contributed by atoms with Gasteiger partial charge >= 0.3 is 0 Å². The molecule has 1 amide bonds. The summed E-state index contributed by atoms with van der Waals surface area (Å²) in [5.41, 5.74) is 7.78. The Balaban J connectivity index is 1.87. The highest BCUT2D eigenvalue weighted by atomic mass is 16.5. The van der Waals surface area contributed by atoms with Crippen molar-refractivity contribution in [2.45, 2.75) is 20.3 Å². The van der Waals surface area contributed by atoms with Gasteiger partial charge in [0.15, 0.2) is 0 Å². The molecule has 1 aliphatic rings. The third kappa shape index (κ3) is 5.52. The van der Waals surface area contributed by atoms with E-state index >= 15 is 0 Å². The van der Waals surface area contributed by atoms with Gasteiger partial charge < -0.3 is 15.4 Å². The number of nitrogens with zero attached hydrogens (tertiary/aromatic N) is 2. The maximum absolute atomic E-state index is 11.2. The SMILES string of the molecule is CCOCCN1CCN(c2cccc(CC(C)C(N)=O)c2)CC1. The number of primary amides is 1. The van der Waals surface area contributed by atoms with E-state index in [1.807, 2.05) is 13.8 Å². The molecule has 1 aliphatic heterocycles. The summed E-state index contributed by atoms with van der Waals surface area (Å²) in [4.78, 5) is 16.1. The Morgan fingerprint density at radius 1 is 1.30 bits per heavy atom. The minimum Gasteiger partial charge on any atom is -0.380 e. The van der Waals surface area contributed by atoms with Crippen molar-refractivity contribution in [3.8, 4) is 0 Å². The minimum absolute atomic E-state index is 0.124. The highest BCUT2D eigenvalue weighted by molar-refractivity contribution is 5.76. The van der Waals surface area contributed by atoms with Crippen LogP contribution in [0.15, 0.2) is 24.3 Å². The number of ether oxygens (including phenoxy) is 1. The van der Waals surface area contributed by atoms with Gasteiger partial charge in [-0.3, -0.25) is 9.69 Å². The van der Waals surface area contributed by atoms with E-state index in [4.69, 9.17) is 10.5 Å². The number of benzene rings is 1. The molecule has 5 nitrogen and oxygen atoms in total. The maximum atomic E-state index is 11.2. The first-order valence-corrected chi connectivity index (χ1v) is 8.53. The van der Waals surface area contributed by atoms with Crippen LogP contribution in [0.4, 0.5) is 5.69 Å². The van der Waals surface area contributed by atoms with Gasteiger partial charge in [-0.2, -0.15) is 0 Å². The van der Waals surface area contributed by atoms with Crippen molar-refractivity contribution in [1.82, 2.24) is 4.90 Å². The van der Waals surface area contributed by atoms with E-state index in [0.717, 1.165) is 45.9 Å². The molecule has 0 saturated carbocycles. The summed E-state index contributed by atoms with van der Waals surface area (Å²) in [6.07, 6.45) is 0.706. The summed E-state index contributed by atoms with van der Waals surface area (Å²) >= 11 is 0. The third-order valence-electron chi connectivity index (χ3n) is 4.43. The lowest BCUT2D eigenvalue weighted by Crippen LogP contribution is -2.47. The van der Waals surface area contributed by atoms with Crippen LogP contribution in [0, 0.1) is 5.92 Å². The molecule has 5 heteroatoms. The highest BCUT2D eigenvalue weighted by Crippen LogP contribution is 2.20. The first-order chi connectivity index (χ1) is 11.1. The monoisotopic (exact) mass is 319 g/mol. The lowest BCUT2D eigenvalue weighted by Gasteiger charge is -2.36. The van der Waals surface area contributed by atoms with Crippen LogP contribution in [-0.2, 0) is 16.0 Å². The Hall–Kier alpha value is -1.59. The zero-order valence-corrected chi connectivity index (χ0v) is 14.3. The topological polar surface area (TPSA) is 58.8 Å². The van der Waals surface area contributed by atoms with Crippen LogP contribution < -0.4 is 10.6 Å². The zero-order valence-electron chi connectivity index (χ0n) is 14.3. The van der Waals surface area contributed by atoms with Crippen molar-refractivity contribution in [3.63, 3.8) is 0 Å². The molecule has 23 heavy (non-hydrogen) atoms. The molecule has 1 aromatic rings. The number of anilines is 1. The average molecular weight is 319 g/mol. The van der Waals surface area contributed by atoms with E-state index in [2.05, 4.69) is 34.1 Å². The molecule has 2 rings (SSSR count). The number of rotatable bonds is 8. The van der Waals surface area contributed by atoms with Gasteiger partial charge in [0.2, 0.25) is 5.91 Å². The molecule has 2 N–H and O–H groups in total. The number of carbonyl (C=O) groups excluding carboxylic acids is 1. The molecule has 128 valence electrons. The quantitative estimate of drug-likeness (QED) is 0.738. The van der Waals surface area contributed by atoms with Crippen molar-refractivity contribution in [2.75, 3.05) is 50.8 Å². The molecule has 0 aliphatic carbocycles. The molecule has 1 aromatic carbocycles. The fraction of sp³-hybridized carbons (Fsp3) is 0.611. The molecule has 1 fully saturated rings. The number of piperazine rings is 1. The van der Waals surface area contributed by atoms with Gasteiger partial charge in [0.1, 0.15) is 0 Å². The molecule has 1 heterocycles. The van der Waals surface area contributed by atoms with Crippen molar-refractivity contribution in [3.05, 3.63) is 29.8 Å². The molecule has 0 radical (unpaired) electrons. The Morgan fingerprint density at radius 3 is 2.70 bits per heavy atom. The van der Waals surface area contributed by atoms with E-state index in [0.29, 0.717) is 6.42 Å². The molecule has 1 unspecified atom stereocenters. The van der Waals surface area contributed by atoms with E-state index < -0.39 is 0 Å². The van der Waals surface area contributed by atoms with Gasteiger partial charge in [0.05, 0.1) is 6.61 Å². The molecule has 0 aromatic heterocycles. The predicted molar refractivity (Wildman–Crippen MR) is 93.7 cm³/mol. The van der Waals surface area contributed by atoms with Gasteiger partial charge in [-0.15, -0.1) is 0 Å². The van der Waals surface area contributed by atoms with Gasteiger partial charge in [0, 0.05) is 50.9 Å². The summed E-state index contributed by atoms with van der Waals surface area (Å²) in [5.74, 6) is -0.362. The number of amides is 1. The number of nitrogens with two attached hydrogens (primary N) is 1. The second-order valence-electron chi connectivity index (χ2n) is 6.20. The Morgan fingerprint density at radius 2 is 2.04 bits per heavy atom. The van der Waals surface area contributed by atoms with Gasteiger partial charge in [-0.1, -0.05) is 19.1 Å². The van der Waals surface area contributed by atoms with Crippen LogP contribution in [0.25, 0.3) is 0 Å². The normalized spacial score (nSPS) is 17.2. The lowest BCUT2D eigenvalue weighted by molar-refractivity contribution is -0.121. The van der Waals surface area contributed by atoms with E-state index in [1.54, 1.807) is 0 Å². The summed E-state index contributed by atoms with van der Waals surface area (Å²) in [5, 5.41) is 0. The Bertz CT molecular complexity index is 499. The van der Waals surface area contributed by atoms with Crippen molar-refractivity contribution in [2.24, 2.45) is 11.7 Å². The minimum atomic E-state index is -0.238. The van der Waals surface area contributed by atoms with Crippen LogP contribution in [0.3, 0.4) is 0 Å². The molecular weight excluding hydrogens is 290 g/mol. The van der Waals surface area contributed by atoms with Gasteiger partial charge in [0.25, 0.3) is 0 Å². The Labute approximate surface area is 139 Å². The number of hydrogen-bond donors (Lipinski definition) is 1.